The van der Waals surface area contributed by atoms with Gasteiger partial charge in [0.1, 0.15) is 0 Å². The molecule has 0 fully saturated rings. The van der Waals surface area contributed by atoms with Crippen LogP contribution in [0.1, 0.15) is 74.7 Å². The summed E-state index contributed by atoms with van der Waals surface area (Å²) in [7, 11) is 0. The number of halogens is 1. The van der Waals surface area contributed by atoms with Crippen molar-refractivity contribution in [3.8, 4) is 0 Å². The van der Waals surface area contributed by atoms with E-state index in [0.717, 1.165) is 37.9 Å². The van der Waals surface area contributed by atoms with Gasteiger partial charge in [-0.3, -0.25) is 0 Å². The molecule has 148 valence electrons. The Labute approximate surface area is 175 Å². The number of benzene rings is 2. The van der Waals surface area contributed by atoms with E-state index in [1.54, 1.807) is 0 Å². The van der Waals surface area contributed by atoms with Crippen molar-refractivity contribution in [1.82, 2.24) is 0 Å². The van der Waals surface area contributed by atoms with Crippen LogP contribution in [0.4, 0.5) is 0 Å². The van der Waals surface area contributed by atoms with Crippen LogP contribution >= 0.6 is 0 Å². The second kappa shape index (κ2) is 13.1. The van der Waals surface area contributed by atoms with Crippen LogP contribution in [0.3, 0.4) is 0 Å². The molecule has 0 bridgehead atoms. The van der Waals surface area contributed by atoms with Crippen LogP contribution in [0, 0.1) is 7.14 Å². The van der Waals surface area contributed by atoms with Crippen LogP contribution in [-0.4, -0.2) is 12.4 Å². The predicted molar refractivity (Wildman–Crippen MR) is 108 cm³/mol. The maximum absolute atomic E-state index is 12.2. The van der Waals surface area contributed by atoms with E-state index in [1.165, 1.54) is 25.5 Å². The van der Waals surface area contributed by atoms with Crippen molar-refractivity contribution in [2.24, 2.45) is 0 Å². The van der Waals surface area contributed by atoms with Crippen molar-refractivity contribution in [2.45, 2.75) is 65.4 Å². The van der Waals surface area contributed by atoms with Crippen LogP contribution in [-0.2, 0) is 11.3 Å². The van der Waals surface area contributed by atoms with Gasteiger partial charge >= 0.3 is 175 Å². The fraction of sp³-hybridized carbons (Fsp3) is 0.458. The number of hydrogen-bond donors (Lipinski definition) is 0. The van der Waals surface area contributed by atoms with E-state index in [2.05, 4.69) is 50.2 Å². The summed E-state index contributed by atoms with van der Waals surface area (Å²) in [6.07, 6.45) is 7.58. The first-order chi connectivity index (χ1) is 13.2. The van der Waals surface area contributed by atoms with Crippen molar-refractivity contribution in [2.75, 3.05) is 6.61 Å². The summed E-state index contributed by atoms with van der Waals surface area (Å²) in [5, 5.41) is 0. The number of unbranched alkanes of at least 4 members (excludes halogenated alkanes) is 4. The summed E-state index contributed by atoms with van der Waals surface area (Å²) in [6, 6.07) is 17.1. The molecule has 0 aliphatic rings. The maximum atomic E-state index is 12.2. The molecule has 0 unspecified atom stereocenters. The van der Waals surface area contributed by atoms with Gasteiger partial charge in [0.25, 0.3) is 0 Å². The molecule has 2 aromatic rings. The molecular formula is C24H32IO2-. The molecule has 0 aliphatic carbocycles. The number of carbonyl (C=O) groups excluding carboxylic acids is 1. The molecule has 0 atom stereocenters. The Balaban J connectivity index is 1.80. The first-order valence-electron chi connectivity index (χ1n) is 10.2. The van der Waals surface area contributed by atoms with Crippen LogP contribution in [0.2, 0.25) is 0 Å². The quantitative estimate of drug-likeness (QED) is 0.251. The third-order valence-electron chi connectivity index (χ3n) is 4.47. The average Bonchev–Trinajstić information content (AvgIpc) is 2.70. The monoisotopic (exact) mass is 479 g/mol. The minimum absolute atomic E-state index is 0.205. The molecule has 0 aromatic heterocycles. The number of Topliss-reactive ketones (excluding diaryl/α,β-unsaturated/α-hetero) is 1. The number of ether oxygens (including phenoxy) is 1. The molecule has 0 amide bonds. The number of carbonyl (C=O) groups is 1. The van der Waals surface area contributed by atoms with Crippen molar-refractivity contribution >= 4 is 5.78 Å². The normalized spacial score (nSPS) is 11.0. The molecule has 2 rings (SSSR count). The Hall–Kier alpha value is -1.20. The van der Waals surface area contributed by atoms with Crippen molar-refractivity contribution < 1.29 is 30.7 Å². The zero-order valence-electron chi connectivity index (χ0n) is 16.7. The van der Waals surface area contributed by atoms with Crippen LogP contribution in [0.5, 0.6) is 0 Å². The molecule has 0 spiro atoms. The molecule has 27 heavy (non-hydrogen) atoms. The van der Waals surface area contributed by atoms with Crippen LogP contribution in [0.25, 0.3) is 0 Å². The fourth-order valence-electron chi connectivity index (χ4n) is 2.79. The van der Waals surface area contributed by atoms with E-state index in [-0.39, 0.29) is 27.0 Å². The first kappa shape index (κ1) is 22.1. The SMILES string of the molecule is CCCCCOCc1ccc([I-]c2ccc(C(=O)CCCCC)cc2)cc1. The Morgan fingerprint density at radius 2 is 1.41 bits per heavy atom. The Morgan fingerprint density at radius 1 is 0.815 bits per heavy atom. The zero-order chi connectivity index (χ0) is 19.3. The molecule has 0 saturated carbocycles. The summed E-state index contributed by atoms with van der Waals surface area (Å²) < 4.78 is 8.47. The topological polar surface area (TPSA) is 26.3 Å². The molecule has 0 saturated heterocycles. The molecule has 0 aliphatic heterocycles. The van der Waals surface area contributed by atoms with E-state index in [9.17, 15) is 4.79 Å². The van der Waals surface area contributed by atoms with Gasteiger partial charge in [-0.25, -0.2) is 0 Å². The third kappa shape index (κ3) is 8.56. The summed E-state index contributed by atoms with van der Waals surface area (Å²) in [4.78, 5) is 12.2. The Bertz CT molecular complexity index is 662. The summed E-state index contributed by atoms with van der Waals surface area (Å²) >= 11 is -0.205. The number of hydrogen-bond acceptors (Lipinski definition) is 2. The number of rotatable bonds is 13. The van der Waals surface area contributed by atoms with Crippen LogP contribution in [0.15, 0.2) is 48.5 Å². The van der Waals surface area contributed by atoms with Crippen molar-refractivity contribution in [1.29, 1.82) is 0 Å². The van der Waals surface area contributed by atoms with E-state index < -0.39 is 0 Å². The van der Waals surface area contributed by atoms with E-state index >= 15 is 0 Å². The molecule has 0 N–H and O–H groups in total. The zero-order valence-corrected chi connectivity index (χ0v) is 18.8. The molecule has 3 heteroatoms. The van der Waals surface area contributed by atoms with Gasteiger partial charge in [-0.2, -0.15) is 0 Å². The van der Waals surface area contributed by atoms with Gasteiger partial charge in [-0.15, -0.1) is 0 Å². The van der Waals surface area contributed by atoms with Gasteiger partial charge in [-0.1, -0.05) is 0 Å². The molecule has 2 aromatic carbocycles. The molecular weight excluding hydrogens is 447 g/mol. The third-order valence-corrected chi connectivity index (χ3v) is 7.15. The van der Waals surface area contributed by atoms with E-state index in [1.807, 2.05) is 12.1 Å². The predicted octanol–water partition coefficient (Wildman–Crippen LogP) is 3.28. The van der Waals surface area contributed by atoms with E-state index in [4.69, 9.17) is 4.74 Å². The first-order valence-corrected chi connectivity index (χ1v) is 12.3. The van der Waals surface area contributed by atoms with E-state index in [0.29, 0.717) is 13.0 Å². The molecule has 2 nitrogen and oxygen atoms in total. The standard InChI is InChI=1S/C24H32IO2/c1-3-5-7-9-24(26)21-12-16-23(17-13-21)25-22-14-10-20(11-15-22)19-27-18-8-6-4-2/h10-17H,3-9,18-19H2,1-2H3/q-1. The second-order valence-corrected chi connectivity index (χ2v) is 9.90. The molecule has 0 heterocycles. The van der Waals surface area contributed by atoms with Crippen molar-refractivity contribution in [3.63, 3.8) is 0 Å². The summed E-state index contributed by atoms with van der Waals surface area (Å²) in [6.45, 7) is 5.93. The minimum atomic E-state index is -0.205. The summed E-state index contributed by atoms with van der Waals surface area (Å²) in [5.41, 5.74) is 2.10. The Morgan fingerprint density at radius 3 is 2.04 bits per heavy atom. The van der Waals surface area contributed by atoms with Crippen molar-refractivity contribution in [3.05, 3.63) is 66.8 Å². The van der Waals surface area contributed by atoms with Gasteiger partial charge in [0.05, 0.1) is 0 Å². The van der Waals surface area contributed by atoms with Gasteiger partial charge in [-0.05, 0) is 0 Å². The van der Waals surface area contributed by atoms with Crippen LogP contribution < -0.4 is 21.2 Å². The Kier molecular flexibility index (Phi) is 10.7. The van der Waals surface area contributed by atoms with Gasteiger partial charge in [0.15, 0.2) is 0 Å². The number of ketones is 1. The van der Waals surface area contributed by atoms with Gasteiger partial charge in [0, 0.05) is 0 Å². The molecule has 0 radical (unpaired) electrons. The average molecular weight is 479 g/mol. The fourth-order valence-corrected chi connectivity index (χ4v) is 4.95. The second-order valence-electron chi connectivity index (χ2n) is 6.87. The van der Waals surface area contributed by atoms with Gasteiger partial charge < -0.3 is 0 Å². The summed E-state index contributed by atoms with van der Waals surface area (Å²) in [5.74, 6) is 0.275. The van der Waals surface area contributed by atoms with Gasteiger partial charge in [0.2, 0.25) is 0 Å².